The molecule has 0 spiro atoms. The SMILES string of the molecule is C[C@H](OC/C=C\c1ccccc1)c1nc2ccccc2c(=O)n1N. The Balaban J connectivity index is 1.74. The second-order valence-corrected chi connectivity index (χ2v) is 5.45. The zero-order valence-corrected chi connectivity index (χ0v) is 13.4. The van der Waals surface area contributed by atoms with Crippen LogP contribution in [0.2, 0.25) is 0 Å². The van der Waals surface area contributed by atoms with Crippen molar-refractivity contribution in [2.24, 2.45) is 0 Å². The number of benzene rings is 2. The molecule has 24 heavy (non-hydrogen) atoms. The molecule has 0 saturated heterocycles. The van der Waals surface area contributed by atoms with E-state index in [0.29, 0.717) is 23.3 Å². The zero-order valence-electron chi connectivity index (χ0n) is 13.4. The maximum atomic E-state index is 12.3. The fraction of sp³-hybridized carbons (Fsp3) is 0.158. The summed E-state index contributed by atoms with van der Waals surface area (Å²) in [6.45, 7) is 2.23. The molecule has 0 aliphatic heterocycles. The first kappa shape index (κ1) is 16.0. The van der Waals surface area contributed by atoms with Crippen LogP contribution >= 0.6 is 0 Å². The third-order valence-electron chi connectivity index (χ3n) is 3.75. The van der Waals surface area contributed by atoms with E-state index in [2.05, 4.69) is 4.98 Å². The molecule has 1 aromatic heterocycles. The molecule has 3 rings (SSSR count). The number of ether oxygens (including phenoxy) is 1. The maximum Gasteiger partial charge on any atom is 0.279 e. The zero-order chi connectivity index (χ0) is 16.9. The van der Waals surface area contributed by atoms with E-state index in [1.807, 2.05) is 55.5 Å². The molecule has 2 aromatic carbocycles. The largest absolute Gasteiger partial charge is 0.366 e. The van der Waals surface area contributed by atoms with Crippen LogP contribution < -0.4 is 11.4 Å². The van der Waals surface area contributed by atoms with Crippen molar-refractivity contribution in [1.29, 1.82) is 0 Å². The number of nitrogens with zero attached hydrogens (tertiary/aromatic N) is 2. The highest BCUT2D eigenvalue weighted by Gasteiger charge is 2.14. The van der Waals surface area contributed by atoms with Crippen molar-refractivity contribution in [2.75, 3.05) is 12.4 Å². The number of para-hydroxylation sites is 1. The lowest BCUT2D eigenvalue weighted by atomic mass is 10.2. The van der Waals surface area contributed by atoms with Gasteiger partial charge in [-0.1, -0.05) is 54.6 Å². The Morgan fingerprint density at radius 2 is 1.88 bits per heavy atom. The Labute approximate surface area is 140 Å². The van der Waals surface area contributed by atoms with E-state index in [1.54, 1.807) is 18.2 Å². The van der Waals surface area contributed by atoms with Crippen LogP contribution in [0.5, 0.6) is 0 Å². The second kappa shape index (κ2) is 7.10. The smallest absolute Gasteiger partial charge is 0.279 e. The number of rotatable bonds is 5. The summed E-state index contributed by atoms with van der Waals surface area (Å²) in [4.78, 5) is 16.8. The minimum atomic E-state index is -0.396. The van der Waals surface area contributed by atoms with Crippen LogP contribution in [0.3, 0.4) is 0 Å². The summed E-state index contributed by atoms with van der Waals surface area (Å²) >= 11 is 0. The Bertz CT molecular complexity index is 917. The van der Waals surface area contributed by atoms with Gasteiger partial charge in [-0.15, -0.1) is 0 Å². The van der Waals surface area contributed by atoms with Crippen LogP contribution in [0, 0.1) is 0 Å². The highest BCUT2D eigenvalue weighted by atomic mass is 16.5. The van der Waals surface area contributed by atoms with E-state index >= 15 is 0 Å². The average molecular weight is 321 g/mol. The van der Waals surface area contributed by atoms with E-state index in [4.69, 9.17) is 10.6 Å². The number of hydrogen-bond acceptors (Lipinski definition) is 4. The van der Waals surface area contributed by atoms with Crippen LogP contribution in [0.1, 0.15) is 24.4 Å². The molecule has 1 heterocycles. The lowest BCUT2D eigenvalue weighted by Crippen LogP contribution is -2.33. The summed E-state index contributed by atoms with van der Waals surface area (Å²) in [5, 5.41) is 0.500. The molecule has 1 atom stereocenters. The van der Waals surface area contributed by atoms with Gasteiger partial charge in [-0.3, -0.25) is 4.79 Å². The molecule has 122 valence electrons. The first-order valence-corrected chi connectivity index (χ1v) is 7.77. The number of hydrogen-bond donors (Lipinski definition) is 1. The first-order chi connectivity index (χ1) is 11.7. The van der Waals surface area contributed by atoms with Gasteiger partial charge in [0.05, 0.1) is 17.5 Å². The molecule has 3 aromatic rings. The van der Waals surface area contributed by atoms with Gasteiger partial charge in [0.1, 0.15) is 6.10 Å². The molecule has 5 nitrogen and oxygen atoms in total. The topological polar surface area (TPSA) is 70.1 Å². The van der Waals surface area contributed by atoms with Crippen LogP contribution in [0.4, 0.5) is 0 Å². The van der Waals surface area contributed by atoms with Crippen LogP contribution in [-0.4, -0.2) is 16.3 Å². The molecular formula is C19H19N3O2. The van der Waals surface area contributed by atoms with Crippen LogP contribution in [-0.2, 0) is 4.74 Å². The minimum absolute atomic E-state index is 0.272. The summed E-state index contributed by atoms with van der Waals surface area (Å²) in [7, 11) is 0. The van der Waals surface area contributed by atoms with Gasteiger partial charge in [0.25, 0.3) is 5.56 Å². The third-order valence-corrected chi connectivity index (χ3v) is 3.75. The highest BCUT2D eigenvalue weighted by Crippen LogP contribution is 2.15. The normalized spacial score (nSPS) is 12.7. The van der Waals surface area contributed by atoms with Gasteiger partial charge < -0.3 is 10.6 Å². The van der Waals surface area contributed by atoms with Crippen molar-refractivity contribution < 1.29 is 4.74 Å². The summed E-state index contributed by atoms with van der Waals surface area (Å²) in [6, 6.07) is 17.1. The monoisotopic (exact) mass is 321 g/mol. The fourth-order valence-electron chi connectivity index (χ4n) is 2.47. The molecule has 5 heteroatoms. The Kier molecular flexibility index (Phi) is 4.72. The highest BCUT2D eigenvalue weighted by molar-refractivity contribution is 5.77. The van der Waals surface area contributed by atoms with Gasteiger partial charge in [-0.2, -0.15) is 0 Å². The minimum Gasteiger partial charge on any atom is -0.366 e. The standard InChI is InChI=1S/C19H19N3O2/c1-14(24-13-7-10-15-8-3-2-4-9-15)18-21-17-12-6-5-11-16(17)19(23)22(18)20/h2-12,14H,13,20H2,1H3/b10-7-/t14-/m0/s1. The third kappa shape index (κ3) is 3.36. The quantitative estimate of drug-likeness (QED) is 0.734. The summed E-state index contributed by atoms with van der Waals surface area (Å²) in [5.74, 6) is 6.30. The van der Waals surface area contributed by atoms with Gasteiger partial charge in [-0.25, -0.2) is 9.66 Å². The Morgan fingerprint density at radius 3 is 2.67 bits per heavy atom. The Hall–Kier alpha value is -2.92. The number of nitrogen functional groups attached to an aromatic ring is 1. The number of fused-ring (bicyclic) bond motifs is 1. The summed E-state index contributed by atoms with van der Waals surface area (Å²) < 4.78 is 6.81. The molecule has 0 amide bonds. The molecule has 0 unspecified atom stereocenters. The lowest BCUT2D eigenvalue weighted by molar-refractivity contribution is 0.0799. The Morgan fingerprint density at radius 1 is 1.17 bits per heavy atom. The van der Waals surface area contributed by atoms with Crippen molar-refractivity contribution in [2.45, 2.75) is 13.0 Å². The van der Waals surface area contributed by atoms with Crippen LogP contribution in [0.15, 0.2) is 65.5 Å². The maximum absolute atomic E-state index is 12.3. The van der Waals surface area contributed by atoms with Crippen molar-refractivity contribution in [3.63, 3.8) is 0 Å². The number of nitrogens with two attached hydrogens (primary N) is 1. The molecule has 0 radical (unpaired) electrons. The van der Waals surface area contributed by atoms with Gasteiger partial charge >= 0.3 is 0 Å². The molecule has 0 fully saturated rings. The fourth-order valence-corrected chi connectivity index (χ4v) is 2.47. The van der Waals surface area contributed by atoms with E-state index < -0.39 is 6.10 Å². The molecule has 0 saturated carbocycles. The summed E-state index contributed by atoms with van der Waals surface area (Å²) in [5.41, 5.74) is 1.45. The predicted molar refractivity (Wildman–Crippen MR) is 96.0 cm³/mol. The molecule has 0 bridgehead atoms. The average Bonchev–Trinajstić information content (AvgIpc) is 2.62. The van der Waals surface area contributed by atoms with Crippen molar-refractivity contribution in [3.8, 4) is 0 Å². The molecule has 0 aliphatic rings. The van der Waals surface area contributed by atoms with E-state index in [9.17, 15) is 4.79 Å². The van der Waals surface area contributed by atoms with Crippen LogP contribution in [0.25, 0.3) is 17.0 Å². The lowest BCUT2D eigenvalue weighted by Gasteiger charge is -2.15. The summed E-state index contributed by atoms with van der Waals surface area (Å²) in [6.07, 6.45) is 3.51. The van der Waals surface area contributed by atoms with E-state index in [-0.39, 0.29) is 5.56 Å². The van der Waals surface area contributed by atoms with E-state index in [0.717, 1.165) is 10.2 Å². The van der Waals surface area contributed by atoms with Crippen molar-refractivity contribution in [3.05, 3.63) is 82.4 Å². The second-order valence-electron chi connectivity index (χ2n) is 5.45. The van der Waals surface area contributed by atoms with Gasteiger partial charge in [0.2, 0.25) is 0 Å². The van der Waals surface area contributed by atoms with Gasteiger partial charge in [-0.05, 0) is 24.6 Å². The molecular weight excluding hydrogens is 302 g/mol. The number of aromatic nitrogens is 2. The van der Waals surface area contributed by atoms with Gasteiger partial charge in [0.15, 0.2) is 5.82 Å². The molecule has 2 N–H and O–H groups in total. The van der Waals surface area contributed by atoms with Gasteiger partial charge in [0, 0.05) is 0 Å². The van der Waals surface area contributed by atoms with Crippen molar-refractivity contribution in [1.82, 2.24) is 9.66 Å². The molecule has 0 aliphatic carbocycles. The van der Waals surface area contributed by atoms with Crippen molar-refractivity contribution >= 4 is 17.0 Å². The predicted octanol–water partition coefficient (Wildman–Crippen LogP) is 2.90. The first-order valence-electron chi connectivity index (χ1n) is 7.77. The van der Waals surface area contributed by atoms with E-state index in [1.165, 1.54) is 0 Å².